The van der Waals surface area contributed by atoms with Crippen LogP contribution in [-0.4, -0.2) is 18.9 Å². The van der Waals surface area contributed by atoms with Crippen LogP contribution in [0.2, 0.25) is 0 Å². The fourth-order valence-electron chi connectivity index (χ4n) is 4.20. The van der Waals surface area contributed by atoms with Gasteiger partial charge in [-0.3, -0.25) is 9.59 Å². The van der Waals surface area contributed by atoms with Gasteiger partial charge in [0.25, 0.3) is 0 Å². The molecule has 32 heavy (non-hydrogen) atoms. The summed E-state index contributed by atoms with van der Waals surface area (Å²) in [6.45, 7) is 0.0972. The van der Waals surface area contributed by atoms with E-state index in [1.54, 1.807) is 42.3 Å². The molecule has 0 spiro atoms. The first kappa shape index (κ1) is 21.6. The summed E-state index contributed by atoms with van der Waals surface area (Å²) in [6.07, 6.45) is 0.682. The summed E-state index contributed by atoms with van der Waals surface area (Å²) in [5.41, 5.74) is 2.01. The quantitative estimate of drug-likeness (QED) is 0.618. The van der Waals surface area contributed by atoms with Crippen LogP contribution < -0.4 is 15.0 Å². The Hall–Kier alpha value is -3.67. The fraction of sp³-hybridized carbons (Fsp3) is 0.231. The van der Waals surface area contributed by atoms with E-state index >= 15 is 0 Å². The zero-order chi connectivity index (χ0) is 22.5. The van der Waals surface area contributed by atoms with Gasteiger partial charge in [-0.25, -0.2) is 4.39 Å². The third kappa shape index (κ3) is 4.49. The van der Waals surface area contributed by atoms with E-state index in [2.05, 4.69) is 5.32 Å². The van der Waals surface area contributed by atoms with Crippen LogP contribution in [0.1, 0.15) is 30.0 Å². The van der Waals surface area contributed by atoms with Crippen molar-refractivity contribution in [1.29, 1.82) is 0 Å². The second-order valence-corrected chi connectivity index (χ2v) is 7.77. The number of benzene rings is 3. The summed E-state index contributed by atoms with van der Waals surface area (Å²) < 4.78 is 19.2. The smallest absolute Gasteiger partial charge is 0.227 e. The molecule has 1 fully saturated rings. The van der Waals surface area contributed by atoms with Crippen LogP contribution in [0, 0.1) is 11.7 Å². The summed E-state index contributed by atoms with van der Waals surface area (Å²) in [7, 11) is 1.59. The average Bonchev–Trinajstić information content (AvgIpc) is 2.84. The molecule has 4 rings (SSSR count). The van der Waals surface area contributed by atoms with E-state index in [0.717, 1.165) is 5.56 Å². The normalized spacial score (nSPS) is 18.3. The number of methoxy groups -OCH3 is 1. The predicted octanol–water partition coefficient (Wildman–Crippen LogP) is 4.64. The zero-order valence-electron chi connectivity index (χ0n) is 17.8. The molecule has 0 aliphatic carbocycles. The Balaban J connectivity index is 1.65. The molecule has 1 N–H and O–H groups in total. The maximum absolute atomic E-state index is 14.0. The zero-order valence-corrected chi connectivity index (χ0v) is 17.8. The second-order valence-electron chi connectivity index (χ2n) is 7.77. The minimum absolute atomic E-state index is 0.0397. The van der Waals surface area contributed by atoms with E-state index in [4.69, 9.17) is 4.74 Å². The predicted molar refractivity (Wildman–Crippen MR) is 121 cm³/mol. The van der Waals surface area contributed by atoms with Crippen LogP contribution in [0.25, 0.3) is 0 Å². The van der Waals surface area contributed by atoms with Gasteiger partial charge in [0.05, 0.1) is 19.1 Å². The number of halogens is 1. The van der Waals surface area contributed by atoms with Crippen molar-refractivity contribution in [2.24, 2.45) is 5.92 Å². The molecule has 164 valence electrons. The number of rotatable bonds is 6. The third-order valence-electron chi connectivity index (χ3n) is 5.84. The number of hydrogen-bond donors (Lipinski definition) is 1. The SMILES string of the molecule is COc1ccc(N2C(=O)CCC(C(=O)NCc3ccccc3F)C2c2ccccc2)cc1. The number of ether oxygens (including phenoxy) is 1. The summed E-state index contributed by atoms with van der Waals surface area (Å²) in [6, 6.07) is 22.7. The summed E-state index contributed by atoms with van der Waals surface area (Å²) in [5, 5.41) is 2.88. The molecule has 2 amide bonds. The van der Waals surface area contributed by atoms with Crippen molar-refractivity contribution in [3.05, 3.63) is 95.8 Å². The van der Waals surface area contributed by atoms with Gasteiger partial charge in [0, 0.05) is 24.2 Å². The molecule has 6 heteroatoms. The number of hydrogen-bond acceptors (Lipinski definition) is 3. The molecule has 5 nitrogen and oxygen atoms in total. The lowest BCUT2D eigenvalue weighted by molar-refractivity contribution is -0.129. The van der Waals surface area contributed by atoms with Crippen molar-refractivity contribution in [2.45, 2.75) is 25.4 Å². The van der Waals surface area contributed by atoms with Crippen LogP contribution in [-0.2, 0) is 16.1 Å². The van der Waals surface area contributed by atoms with Crippen molar-refractivity contribution in [2.75, 3.05) is 12.0 Å². The Bertz CT molecular complexity index is 1090. The van der Waals surface area contributed by atoms with Crippen molar-refractivity contribution in [3.63, 3.8) is 0 Å². The Morgan fingerprint density at radius 2 is 1.72 bits per heavy atom. The van der Waals surface area contributed by atoms with Crippen LogP contribution in [0.5, 0.6) is 5.75 Å². The first-order chi connectivity index (χ1) is 15.6. The molecule has 0 radical (unpaired) electrons. The molecule has 0 saturated carbocycles. The van der Waals surface area contributed by atoms with Gasteiger partial charge in [-0.1, -0.05) is 48.5 Å². The van der Waals surface area contributed by atoms with E-state index < -0.39 is 12.0 Å². The molecule has 2 atom stereocenters. The van der Waals surface area contributed by atoms with Gasteiger partial charge in [0.2, 0.25) is 11.8 Å². The van der Waals surface area contributed by atoms with Crippen molar-refractivity contribution < 1.29 is 18.7 Å². The summed E-state index contributed by atoms with van der Waals surface area (Å²) in [5.74, 6) is -0.376. The standard InChI is InChI=1S/C26H25FN2O3/c1-32-21-13-11-20(12-14-21)29-24(30)16-15-22(25(29)18-7-3-2-4-8-18)26(31)28-17-19-9-5-6-10-23(19)27/h2-14,22,25H,15-17H2,1H3,(H,28,31). The van der Waals surface area contributed by atoms with Crippen LogP contribution >= 0.6 is 0 Å². The molecular weight excluding hydrogens is 407 g/mol. The lowest BCUT2D eigenvalue weighted by Gasteiger charge is -2.41. The number of nitrogens with zero attached hydrogens (tertiary/aromatic N) is 1. The van der Waals surface area contributed by atoms with Crippen molar-refractivity contribution in [3.8, 4) is 5.75 Å². The molecule has 1 aliphatic rings. The Morgan fingerprint density at radius 1 is 1.03 bits per heavy atom. The lowest BCUT2D eigenvalue weighted by Crippen LogP contribution is -2.48. The minimum Gasteiger partial charge on any atom is -0.497 e. The third-order valence-corrected chi connectivity index (χ3v) is 5.84. The number of nitrogens with one attached hydrogen (secondary N) is 1. The van der Waals surface area contributed by atoms with Gasteiger partial charge in [-0.15, -0.1) is 0 Å². The van der Waals surface area contributed by atoms with E-state index in [-0.39, 0.29) is 30.6 Å². The van der Waals surface area contributed by atoms with Crippen LogP contribution in [0.15, 0.2) is 78.9 Å². The topological polar surface area (TPSA) is 58.6 Å². The maximum Gasteiger partial charge on any atom is 0.227 e. The maximum atomic E-state index is 14.0. The molecule has 0 bridgehead atoms. The fourth-order valence-corrected chi connectivity index (χ4v) is 4.20. The Kier molecular flexibility index (Phi) is 6.50. The highest BCUT2D eigenvalue weighted by atomic mass is 19.1. The van der Waals surface area contributed by atoms with Gasteiger partial charge < -0.3 is 15.0 Å². The highest BCUT2D eigenvalue weighted by Gasteiger charge is 2.41. The van der Waals surface area contributed by atoms with E-state index in [0.29, 0.717) is 23.4 Å². The first-order valence-corrected chi connectivity index (χ1v) is 10.6. The van der Waals surface area contributed by atoms with Gasteiger partial charge >= 0.3 is 0 Å². The molecule has 2 unspecified atom stereocenters. The molecule has 1 saturated heterocycles. The molecule has 3 aromatic carbocycles. The van der Waals surface area contributed by atoms with Crippen LogP contribution in [0.4, 0.5) is 10.1 Å². The number of piperidine rings is 1. The average molecular weight is 432 g/mol. The van der Waals surface area contributed by atoms with Gasteiger partial charge in [0.15, 0.2) is 0 Å². The highest BCUT2D eigenvalue weighted by molar-refractivity contribution is 5.97. The molecule has 1 aliphatic heterocycles. The minimum atomic E-state index is -0.469. The van der Waals surface area contributed by atoms with Crippen LogP contribution in [0.3, 0.4) is 0 Å². The summed E-state index contributed by atoms with van der Waals surface area (Å²) >= 11 is 0. The van der Waals surface area contributed by atoms with E-state index in [1.807, 2.05) is 42.5 Å². The van der Waals surface area contributed by atoms with E-state index in [1.165, 1.54) is 6.07 Å². The summed E-state index contributed by atoms with van der Waals surface area (Å²) in [4.78, 5) is 28.0. The largest absolute Gasteiger partial charge is 0.497 e. The molecular formula is C26H25FN2O3. The van der Waals surface area contributed by atoms with Crippen molar-refractivity contribution in [1.82, 2.24) is 5.32 Å². The number of carbonyl (C=O) groups excluding carboxylic acids is 2. The molecule has 1 heterocycles. The monoisotopic (exact) mass is 432 g/mol. The van der Waals surface area contributed by atoms with Gasteiger partial charge in [-0.2, -0.15) is 0 Å². The van der Waals surface area contributed by atoms with Gasteiger partial charge in [-0.05, 0) is 42.3 Å². The number of anilines is 1. The second kappa shape index (κ2) is 9.64. The Morgan fingerprint density at radius 3 is 2.41 bits per heavy atom. The van der Waals surface area contributed by atoms with Gasteiger partial charge in [0.1, 0.15) is 11.6 Å². The lowest BCUT2D eigenvalue weighted by atomic mass is 9.83. The number of carbonyl (C=O) groups is 2. The number of amides is 2. The molecule has 3 aromatic rings. The van der Waals surface area contributed by atoms with E-state index in [9.17, 15) is 14.0 Å². The van der Waals surface area contributed by atoms with Crippen molar-refractivity contribution >= 4 is 17.5 Å². The molecule has 0 aromatic heterocycles. The highest BCUT2D eigenvalue weighted by Crippen LogP contribution is 2.40. The Labute approximate surface area is 186 Å². The first-order valence-electron chi connectivity index (χ1n) is 10.6.